The van der Waals surface area contributed by atoms with Crippen LogP contribution in [0.15, 0.2) is 49.1 Å². The van der Waals surface area contributed by atoms with E-state index in [1.807, 2.05) is 25.1 Å². The number of nitrogen functional groups attached to an aromatic ring is 1. The molecule has 21 heavy (non-hydrogen) atoms. The molecule has 106 valence electrons. The second-order valence-corrected chi connectivity index (χ2v) is 4.57. The quantitative estimate of drug-likeness (QED) is 0.745. The lowest BCUT2D eigenvalue weighted by molar-refractivity contribution is 0.0990. The summed E-state index contributed by atoms with van der Waals surface area (Å²) in [5.74, 6) is -0.140. The van der Waals surface area contributed by atoms with Crippen LogP contribution in [0.4, 0.5) is 11.4 Å². The van der Waals surface area contributed by atoms with Gasteiger partial charge in [0.15, 0.2) is 0 Å². The Morgan fingerprint density at radius 1 is 1.33 bits per heavy atom. The Balaban J connectivity index is 2.06. The molecule has 0 aliphatic carbocycles. The van der Waals surface area contributed by atoms with Gasteiger partial charge in [-0.3, -0.25) is 9.78 Å². The van der Waals surface area contributed by atoms with Crippen molar-refractivity contribution in [1.82, 2.24) is 14.6 Å². The fourth-order valence-corrected chi connectivity index (χ4v) is 2.30. The van der Waals surface area contributed by atoms with Gasteiger partial charge in [-0.2, -0.15) is 5.10 Å². The molecule has 1 amide bonds. The molecule has 3 rings (SSSR count). The summed E-state index contributed by atoms with van der Waals surface area (Å²) < 4.78 is 1.63. The number of para-hydroxylation sites is 2. The molecule has 0 radical (unpaired) electrons. The van der Waals surface area contributed by atoms with Crippen molar-refractivity contribution in [1.29, 1.82) is 0 Å². The molecule has 6 heteroatoms. The van der Waals surface area contributed by atoms with E-state index in [1.165, 1.54) is 0 Å². The summed E-state index contributed by atoms with van der Waals surface area (Å²) >= 11 is 0. The standard InChI is InChI=1S/C15H15N5O/c1-2-19(13-6-4-3-5-12(13)16)15(21)11-9-18-20-8-7-17-10-14(11)20/h3-10H,2,16H2,1H3. The summed E-state index contributed by atoms with van der Waals surface area (Å²) in [6.07, 6.45) is 6.52. The van der Waals surface area contributed by atoms with Crippen molar-refractivity contribution in [3.63, 3.8) is 0 Å². The molecular weight excluding hydrogens is 266 g/mol. The molecular formula is C15H15N5O. The van der Waals surface area contributed by atoms with Gasteiger partial charge in [0.2, 0.25) is 0 Å². The van der Waals surface area contributed by atoms with E-state index in [-0.39, 0.29) is 5.91 Å². The van der Waals surface area contributed by atoms with Crippen molar-refractivity contribution >= 4 is 22.8 Å². The molecule has 6 nitrogen and oxygen atoms in total. The first-order valence-corrected chi connectivity index (χ1v) is 6.66. The van der Waals surface area contributed by atoms with E-state index < -0.39 is 0 Å². The third kappa shape index (κ3) is 2.20. The smallest absolute Gasteiger partial charge is 0.262 e. The van der Waals surface area contributed by atoms with Gasteiger partial charge in [-0.1, -0.05) is 12.1 Å². The molecule has 0 saturated heterocycles. The fourth-order valence-electron chi connectivity index (χ4n) is 2.30. The number of nitrogens with two attached hydrogens (primary N) is 1. The van der Waals surface area contributed by atoms with Crippen LogP contribution in [0.25, 0.3) is 5.52 Å². The van der Waals surface area contributed by atoms with Gasteiger partial charge in [0.1, 0.15) is 0 Å². The van der Waals surface area contributed by atoms with E-state index in [1.54, 1.807) is 40.3 Å². The Morgan fingerprint density at radius 2 is 2.14 bits per heavy atom. The molecule has 0 bridgehead atoms. The lowest BCUT2D eigenvalue weighted by Gasteiger charge is -2.22. The Kier molecular flexibility index (Phi) is 3.27. The number of hydrogen-bond acceptors (Lipinski definition) is 4. The summed E-state index contributed by atoms with van der Waals surface area (Å²) in [7, 11) is 0. The minimum Gasteiger partial charge on any atom is -0.397 e. The highest BCUT2D eigenvalue weighted by Crippen LogP contribution is 2.25. The Hall–Kier alpha value is -2.89. The molecule has 0 aliphatic heterocycles. The monoisotopic (exact) mass is 281 g/mol. The highest BCUT2D eigenvalue weighted by atomic mass is 16.2. The maximum Gasteiger partial charge on any atom is 0.262 e. The Morgan fingerprint density at radius 3 is 2.90 bits per heavy atom. The van der Waals surface area contributed by atoms with Crippen molar-refractivity contribution in [2.45, 2.75) is 6.92 Å². The molecule has 2 heterocycles. The van der Waals surface area contributed by atoms with Crippen LogP contribution >= 0.6 is 0 Å². The lowest BCUT2D eigenvalue weighted by atomic mass is 10.2. The number of carbonyl (C=O) groups excluding carboxylic acids is 1. The number of aromatic nitrogens is 3. The van der Waals surface area contributed by atoms with Gasteiger partial charge in [-0.25, -0.2) is 4.52 Å². The highest BCUT2D eigenvalue weighted by molar-refractivity contribution is 6.11. The van der Waals surface area contributed by atoms with E-state index in [0.29, 0.717) is 29.0 Å². The van der Waals surface area contributed by atoms with Crippen LogP contribution in [-0.4, -0.2) is 27.0 Å². The van der Waals surface area contributed by atoms with Crippen molar-refractivity contribution in [3.05, 3.63) is 54.6 Å². The zero-order valence-electron chi connectivity index (χ0n) is 11.6. The molecule has 0 unspecified atom stereocenters. The fraction of sp³-hybridized carbons (Fsp3) is 0.133. The van der Waals surface area contributed by atoms with Crippen LogP contribution in [-0.2, 0) is 0 Å². The molecule has 1 aromatic carbocycles. The first-order chi connectivity index (χ1) is 10.2. The number of nitrogens with zero attached hydrogens (tertiary/aromatic N) is 4. The van der Waals surface area contributed by atoms with E-state index >= 15 is 0 Å². The average molecular weight is 281 g/mol. The van der Waals surface area contributed by atoms with Crippen molar-refractivity contribution in [2.75, 3.05) is 17.2 Å². The number of carbonyl (C=O) groups is 1. The summed E-state index contributed by atoms with van der Waals surface area (Å²) in [5.41, 5.74) is 8.43. The average Bonchev–Trinajstić information content (AvgIpc) is 2.93. The second-order valence-electron chi connectivity index (χ2n) is 4.57. The van der Waals surface area contributed by atoms with Crippen LogP contribution in [0.5, 0.6) is 0 Å². The number of fused-ring (bicyclic) bond motifs is 1. The maximum absolute atomic E-state index is 12.8. The van der Waals surface area contributed by atoms with Crippen LogP contribution in [0.2, 0.25) is 0 Å². The van der Waals surface area contributed by atoms with E-state index in [9.17, 15) is 4.79 Å². The number of anilines is 2. The lowest BCUT2D eigenvalue weighted by Crippen LogP contribution is -2.31. The zero-order chi connectivity index (χ0) is 14.8. The molecule has 2 aromatic heterocycles. The van der Waals surface area contributed by atoms with Gasteiger partial charge in [-0.15, -0.1) is 0 Å². The van der Waals surface area contributed by atoms with Crippen LogP contribution in [0.3, 0.4) is 0 Å². The summed E-state index contributed by atoms with van der Waals surface area (Å²) in [5, 5.41) is 4.17. The summed E-state index contributed by atoms with van der Waals surface area (Å²) in [6.45, 7) is 2.43. The minimum absolute atomic E-state index is 0.140. The van der Waals surface area contributed by atoms with Crippen LogP contribution in [0, 0.1) is 0 Å². The topological polar surface area (TPSA) is 76.5 Å². The van der Waals surface area contributed by atoms with Gasteiger partial charge in [0, 0.05) is 18.9 Å². The molecule has 0 spiro atoms. The predicted molar refractivity (Wildman–Crippen MR) is 81.2 cm³/mol. The van der Waals surface area contributed by atoms with Crippen LogP contribution < -0.4 is 10.6 Å². The predicted octanol–water partition coefficient (Wildman–Crippen LogP) is 1.98. The SMILES string of the molecule is CCN(C(=O)c1cnn2ccncc12)c1ccccc1N. The van der Waals surface area contributed by atoms with Crippen LogP contribution in [0.1, 0.15) is 17.3 Å². The molecule has 0 atom stereocenters. The molecule has 3 aromatic rings. The van der Waals surface area contributed by atoms with Gasteiger partial charge >= 0.3 is 0 Å². The Labute approximate surface area is 121 Å². The first kappa shape index (κ1) is 13.1. The van der Waals surface area contributed by atoms with E-state index in [0.717, 1.165) is 0 Å². The third-order valence-corrected chi connectivity index (χ3v) is 3.34. The maximum atomic E-state index is 12.8. The number of amides is 1. The van der Waals surface area contributed by atoms with E-state index in [2.05, 4.69) is 10.1 Å². The highest BCUT2D eigenvalue weighted by Gasteiger charge is 2.21. The molecule has 0 fully saturated rings. The number of benzene rings is 1. The third-order valence-electron chi connectivity index (χ3n) is 3.34. The van der Waals surface area contributed by atoms with Gasteiger partial charge in [0.25, 0.3) is 5.91 Å². The van der Waals surface area contributed by atoms with Crippen molar-refractivity contribution < 1.29 is 4.79 Å². The molecule has 0 saturated carbocycles. The van der Waals surface area contributed by atoms with Gasteiger partial charge < -0.3 is 10.6 Å². The number of hydrogen-bond donors (Lipinski definition) is 1. The normalized spacial score (nSPS) is 10.7. The summed E-state index contributed by atoms with van der Waals surface area (Å²) in [6, 6.07) is 7.32. The Bertz CT molecular complexity index is 795. The number of rotatable bonds is 3. The van der Waals surface area contributed by atoms with E-state index in [4.69, 9.17) is 5.73 Å². The van der Waals surface area contributed by atoms with Crippen molar-refractivity contribution in [3.8, 4) is 0 Å². The van der Waals surface area contributed by atoms with Gasteiger partial charge in [0.05, 0.1) is 34.8 Å². The molecule has 2 N–H and O–H groups in total. The zero-order valence-corrected chi connectivity index (χ0v) is 11.6. The second kappa shape index (κ2) is 5.24. The van der Waals surface area contributed by atoms with Crippen molar-refractivity contribution in [2.24, 2.45) is 0 Å². The van der Waals surface area contributed by atoms with Gasteiger partial charge in [-0.05, 0) is 19.1 Å². The molecule has 0 aliphatic rings. The summed E-state index contributed by atoms with van der Waals surface area (Å²) in [4.78, 5) is 18.5. The largest absolute Gasteiger partial charge is 0.397 e. The first-order valence-electron chi connectivity index (χ1n) is 6.66. The minimum atomic E-state index is -0.140.